The second kappa shape index (κ2) is 12.9. The summed E-state index contributed by atoms with van der Waals surface area (Å²) in [6.07, 6.45) is 2.30. The van der Waals surface area contributed by atoms with Crippen LogP contribution in [0.4, 0.5) is 17.1 Å². The van der Waals surface area contributed by atoms with E-state index in [0.717, 1.165) is 18.8 Å². The van der Waals surface area contributed by atoms with Crippen LogP contribution in [0.1, 0.15) is 16.7 Å². The minimum absolute atomic E-state index is 0.589. The SMILES string of the molecule is CN1c2ccccc2C(=Cc2ccc(N3CCOCCOCCOCCOCC3)cc2)c2ccccc21. The lowest BCUT2D eigenvalue weighted by Crippen LogP contribution is -2.31. The average Bonchev–Trinajstić information content (AvgIpc) is 2.95. The molecule has 2 heterocycles. The van der Waals surface area contributed by atoms with Gasteiger partial charge in [-0.25, -0.2) is 0 Å². The highest BCUT2D eigenvalue weighted by atomic mass is 16.6. The summed E-state index contributed by atoms with van der Waals surface area (Å²) in [5.41, 5.74) is 8.53. The molecule has 5 rings (SSSR count). The van der Waals surface area contributed by atoms with Crippen molar-refractivity contribution in [3.05, 3.63) is 89.5 Å². The standard InChI is InChI=1S/C31H36N2O4/c1-32-30-8-4-2-6-27(30)29(28-7-3-5-9-31(28)32)24-25-10-12-26(13-11-25)33-14-16-34-18-20-36-22-23-37-21-19-35-17-15-33/h2-13,24H,14-23H2,1H3. The van der Waals surface area contributed by atoms with Crippen molar-refractivity contribution in [3.8, 4) is 0 Å². The summed E-state index contributed by atoms with van der Waals surface area (Å²) in [5.74, 6) is 0. The van der Waals surface area contributed by atoms with Gasteiger partial charge in [-0.05, 0) is 41.5 Å². The predicted octanol–water partition coefficient (Wildman–Crippen LogP) is 5.24. The summed E-state index contributed by atoms with van der Waals surface area (Å²) < 4.78 is 22.7. The molecule has 194 valence electrons. The molecule has 2 aliphatic rings. The fraction of sp³-hybridized carbons (Fsp3) is 0.355. The number of rotatable bonds is 2. The van der Waals surface area contributed by atoms with Crippen molar-refractivity contribution in [2.24, 2.45) is 0 Å². The van der Waals surface area contributed by atoms with E-state index in [9.17, 15) is 0 Å². The number of hydrogen-bond donors (Lipinski definition) is 0. The zero-order valence-corrected chi connectivity index (χ0v) is 21.6. The number of anilines is 3. The molecule has 3 aromatic carbocycles. The largest absolute Gasteiger partial charge is 0.377 e. The smallest absolute Gasteiger partial charge is 0.0701 e. The van der Waals surface area contributed by atoms with Crippen LogP contribution in [0.5, 0.6) is 0 Å². The van der Waals surface area contributed by atoms with Gasteiger partial charge < -0.3 is 28.7 Å². The van der Waals surface area contributed by atoms with Gasteiger partial charge in [0.1, 0.15) is 0 Å². The molecule has 0 aliphatic carbocycles. The lowest BCUT2D eigenvalue weighted by atomic mass is 9.89. The molecule has 6 nitrogen and oxygen atoms in total. The van der Waals surface area contributed by atoms with Crippen LogP contribution in [-0.2, 0) is 18.9 Å². The molecule has 0 bridgehead atoms. The van der Waals surface area contributed by atoms with Gasteiger partial charge in [0.15, 0.2) is 0 Å². The highest BCUT2D eigenvalue weighted by Gasteiger charge is 2.23. The van der Waals surface area contributed by atoms with Crippen molar-refractivity contribution in [2.75, 3.05) is 82.8 Å². The summed E-state index contributed by atoms with van der Waals surface area (Å²) >= 11 is 0. The van der Waals surface area contributed by atoms with Crippen LogP contribution in [0.2, 0.25) is 0 Å². The van der Waals surface area contributed by atoms with Crippen LogP contribution < -0.4 is 9.80 Å². The molecular formula is C31H36N2O4. The zero-order valence-electron chi connectivity index (χ0n) is 21.6. The molecule has 0 amide bonds. The Labute approximate surface area is 220 Å². The molecule has 1 saturated heterocycles. The third kappa shape index (κ3) is 6.40. The van der Waals surface area contributed by atoms with Gasteiger partial charge in [0.05, 0.1) is 52.9 Å². The molecule has 0 radical (unpaired) electrons. The van der Waals surface area contributed by atoms with E-state index < -0.39 is 0 Å². The van der Waals surface area contributed by atoms with Crippen LogP contribution in [0.3, 0.4) is 0 Å². The molecule has 2 aliphatic heterocycles. The monoisotopic (exact) mass is 500 g/mol. The van der Waals surface area contributed by atoms with Crippen LogP contribution in [0.15, 0.2) is 72.8 Å². The first-order chi connectivity index (χ1) is 18.3. The normalized spacial score (nSPS) is 17.8. The van der Waals surface area contributed by atoms with E-state index in [1.165, 1.54) is 33.6 Å². The fourth-order valence-corrected chi connectivity index (χ4v) is 4.85. The highest BCUT2D eigenvalue weighted by molar-refractivity contribution is 6.03. The van der Waals surface area contributed by atoms with E-state index in [1.54, 1.807) is 0 Å². The Balaban J connectivity index is 1.35. The highest BCUT2D eigenvalue weighted by Crippen LogP contribution is 2.44. The maximum atomic E-state index is 5.80. The van der Waals surface area contributed by atoms with Crippen LogP contribution >= 0.6 is 0 Å². The average molecular weight is 501 g/mol. The van der Waals surface area contributed by atoms with Gasteiger partial charge in [-0.1, -0.05) is 48.5 Å². The summed E-state index contributed by atoms with van der Waals surface area (Å²) in [4.78, 5) is 4.59. The molecule has 0 aromatic heterocycles. The quantitative estimate of drug-likeness (QED) is 0.479. The number of para-hydroxylation sites is 2. The predicted molar refractivity (Wildman–Crippen MR) is 150 cm³/mol. The topological polar surface area (TPSA) is 43.4 Å². The zero-order chi connectivity index (χ0) is 25.3. The maximum absolute atomic E-state index is 5.80. The molecular weight excluding hydrogens is 464 g/mol. The van der Waals surface area contributed by atoms with E-state index in [-0.39, 0.29) is 0 Å². The molecule has 3 aromatic rings. The van der Waals surface area contributed by atoms with Gasteiger partial charge in [0, 0.05) is 48.3 Å². The third-order valence-corrected chi connectivity index (χ3v) is 6.81. The van der Waals surface area contributed by atoms with Gasteiger partial charge in [-0.3, -0.25) is 0 Å². The Morgan fingerprint density at radius 1 is 0.568 bits per heavy atom. The number of hydrogen-bond acceptors (Lipinski definition) is 6. The van der Waals surface area contributed by atoms with Crippen molar-refractivity contribution in [3.63, 3.8) is 0 Å². The van der Waals surface area contributed by atoms with Gasteiger partial charge >= 0.3 is 0 Å². The van der Waals surface area contributed by atoms with E-state index in [2.05, 4.69) is 95.7 Å². The first-order valence-corrected chi connectivity index (χ1v) is 13.1. The third-order valence-electron chi connectivity index (χ3n) is 6.81. The molecule has 0 saturated carbocycles. The second-order valence-corrected chi connectivity index (χ2v) is 9.18. The van der Waals surface area contributed by atoms with Gasteiger partial charge in [0.25, 0.3) is 0 Å². The summed E-state index contributed by atoms with van der Waals surface area (Å²) in [5, 5.41) is 0. The van der Waals surface area contributed by atoms with Crippen LogP contribution in [0, 0.1) is 0 Å². The lowest BCUT2D eigenvalue weighted by molar-refractivity contribution is 0.00206. The first-order valence-electron chi connectivity index (χ1n) is 13.1. The molecule has 0 unspecified atom stereocenters. The van der Waals surface area contributed by atoms with Crippen molar-refractivity contribution in [1.82, 2.24) is 0 Å². The van der Waals surface area contributed by atoms with Gasteiger partial charge in [-0.15, -0.1) is 0 Å². The van der Waals surface area contributed by atoms with Gasteiger partial charge in [-0.2, -0.15) is 0 Å². The van der Waals surface area contributed by atoms with Crippen LogP contribution in [-0.4, -0.2) is 73.0 Å². The number of benzene rings is 3. The molecule has 37 heavy (non-hydrogen) atoms. The molecule has 6 heteroatoms. The minimum Gasteiger partial charge on any atom is -0.377 e. The minimum atomic E-state index is 0.589. The van der Waals surface area contributed by atoms with E-state index in [0.29, 0.717) is 52.9 Å². The maximum Gasteiger partial charge on any atom is 0.0701 e. The Kier molecular flexibility index (Phi) is 8.87. The lowest BCUT2D eigenvalue weighted by Gasteiger charge is -2.31. The number of ether oxygens (including phenoxy) is 4. The van der Waals surface area contributed by atoms with Crippen molar-refractivity contribution < 1.29 is 18.9 Å². The van der Waals surface area contributed by atoms with E-state index >= 15 is 0 Å². The fourth-order valence-electron chi connectivity index (χ4n) is 4.85. The van der Waals surface area contributed by atoms with Crippen molar-refractivity contribution >= 4 is 28.7 Å². The summed E-state index contributed by atoms with van der Waals surface area (Å²) in [6, 6.07) is 26.0. The Morgan fingerprint density at radius 3 is 1.54 bits per heavy atom. The Bertz CT molecular complexity index is 1110. The van der Waals surface area contributed by atoms with Crippen molar-refractivity contribution in [2.45, 2.75) is 0 Å². The van der Waals surface area contributed by atoms with Gasteiger partial charge in [0.2, 0.25) is 0 Å². The molecule has 1 fully saturated rings. The molecule has 0 atom stereocenters. The second-order valence-electron chi connectivity index (χ2n) is 9.18. The first kappa shape index (κ1) is 25.5. The Hall–Kier alpha value is -3.16. The Morgan fingerprint density at radius 2 is 1.03 bits per heavy atom. The molecule has 0 spiro atoms. The number of nitrogens with zero attached hydrogens (tertiary/aromatic N) is 2. The van der Waals surface area contributed by atoms with Crippen LogP contribution in [0.25, 0.3) is 11.6 Å². The summed E-state index contributed by atoms with van der Waals surface area (Å²) in [6.45, 7) is 6.43. The van der Waals surface area contributed by atoms with E-state index in [1.807, 2.05) is 0 Å². The molecule has 0 N–H and O–H groups in total. The number of fused-ring (bicyclic) bond motifs is 2. The van der Waals surface area contributed by atoms with Crippen molar-refractivity contribution in [1.29, 1.82) is 0 Å². The van der Waals surface area contributed by atoms with E-state index in [4.69, 9.17) is 18.9 Å². The summed E-state index contributed by atoms with van der Waals surface area (Å²) in [7, 11) is 2.14.